The van der Waals surface area contributed by atoms with E-state index in [1.54, 1.807) is 0 Å². The van der Waals surface area contributed by atoms with E-state index in [-0.39, 0.29) is 0 Å². The van der Waals surface area contributed by atoms with Gasteiger partial charge in [-0.2, -0.15) is 0 Å². The maximum Gasteiger partial charge on any atom is 0.146 e. The lowest BCUT2D eigenvalue weighted by molar-refractivity contribution is 0.481. The molecule has 0 unspecified atom stereocenters. The number of benzene rings is 2. The van der Waals surface area contributed by atoms with Gasteiger partial charge in [0.2, 0.25) is 0 Å². The van der Waals surface area contributed by atoms with Crippen LogP contribution in [0.4, 0.5) is 0 Å². The molecule has 0 amide bonds. The Kier molecular flexibility index (Phi) is 5.25. The van der Waals surface area contributed by atoms with Crippen molar-refractivity contribution in [1.82, 2.24) is 5.32 Å². The third-order valence-corrected chi connectivity index (χ3v) is 3.39. The van der Waals surface area contributed by atoms with Crippen LogP contribution in [0.15, 0.2) is 46.9 Å². The molecule has 0 bridgehead atoms. The molecule has 2 aromatic rings. The first kappa shape index (κ1) is 14.4. The minimum absolute atomic E-state index is 0.589. The van der Waals surface area contributed by atoms with Crippen molar-refractivity contribution in [2.45, 2.75) is 13.5 Å². The zero-order valence-electron chi connectivity index (χ0n) is 10.6. The molecule has 0 saturated heterocycles. The van der Waals surface area contributed by atoms with Gasteiger partial charge in [-0.15, -0.1) is 0 Å². The Morgan fingerprint density at radius 3 is 2.79 bits per heavy atom. The standard InChI is InChI=1S/C15H15BrClNO/c1-2-18-10-11-4-3-5-13(8-11)19-15-7-6-12(16)9-14(15)17/h3-9,18H,2,10H2,1H3. The molecule has 0 aromatic heterocycles. The molecule has 0 aliphatic heterocycles. The Morgan fingerprint density at radius 2 is 2.05 bits per heavy atom. The van der Waals surface area contributed by atoms with Crippen LogP contribution < -0.4 is 10.1 Å². The van der Waals surface area contributed by atoms with Crippen LogP contribution in [0, 0.1) is 0 Å². The predicted molar refractivity (Wildman–Crippen MR) is 83.0 cm³/mol. The van der Waals surface area contributed by atoms with Crippen LogP contribution in [0.3, 0.4) is 0 Å². The third kappa shape index (κ3) is 4.23. The van der Waals surface area contributed by atoms with Crippen LogP contribution >= 0.6 is 27.5 Å². The van der Waals surface area contributed by atoms with Crippen molar-refractivity contribution >= 4 is 27.5 Å². The van der Waals surface area contributed by atoms with Crippen LogP contribution in [0.5, 0.6) is 11.5 Å². The smallest absolute Gasteiger partial charge is 0.146 e. The van der Waals surface area contributed by atoms with Crippen molar-refractivity contribution in [1.29, 1.82) is 0 Å². The molecule has 19 heavy (non-hydrogen) atoms. The minimum Gasteiger partial charge on any atom is -0.456 e. The Hall–Kier alpha value is -1.03. The first-order chi connectivity index (χ1) is 9.19. The van der Waals surface area contributed by atoms with E-state index in [0.29, 0.717) is 10.8 Å². The van der Waals surface area contributed by atoms with Gasteiger partial charge in [0.05, 0.1) is 5.02 Å². The van der Waals surface area contributed by atoms with Gasteiger partial charge in [0, 0.05) is 11.0 Å². The number of hydrogen-bond acceptors (Lipinski definition) is 2. The van der Waals surface area contributed by atoms with E-state index >= 15 is 0 Å². The van der Waals surface area contributed by atoms with E-state index in [4.69, 9.17) is 16.3 Å². The number of rotatable bonds is 5. The second-order valence-corrected chi connectivity index (χ2v) is 5.43. The maximum atomic E-state index is 6.14. The fraction of sp³-hybridized carbons (Fsp3) is 0.200. The molecule has 0 radical (unpaired) electrons. The highest BCUT2D eigenvalue weighted by molar-refractivity contribution is 9.10. The summed E-state index contributed by atoms with van der Waals surface area (Å²) < 4.78 is 6.74. The maximum absolute atomic E-state index is 6.14. The highest BCUT2D eigenvalue weighted by Crippen LogP contribution is 2.31. The van der Waals surface area contributed by atoms with Gasteiger partial charge >= 0.3 is 0 Å². The molecule has 2 rings (SSSR count). The number of nitrogens with one attached hydrogen (secondary N) is 1. The normalized spacial score (nSPS) is 10.5. The van der Waals surface area contributed by atoms with Crippen molar-refractivity contribution in [3.63, 3.8) is 0 Å². The Labute approximate surface area is 126 Å². The van der Waals surface area contributed by atoms with Crippen molar-refractivity contribution < 1.29 is 4.74 Å². The third-order valence-electron chi connectivity index (χ3n) is 2.60. The van der Waals surface area contributed by atoms with E-state index in [0.717, 1.165) is 23.3 Å². The molecule has 4 heteroatoms. The summed E-state index contributed by atoms with van der Waals surface area (Å²) >= 11 is 9.51. The fourth-order valence-electron chi connectivity index (χ4n) is 1.67. The molecule has 2 aromatic carbocycles. The Balaban J connectivity index is 2.14. The summed E-state index contributed by atoms with van der Waals surface area (Å²) in [6.07, 6.45) is 0. The summed E-state index contributed by atoms with van der Waals surface area (Å²) in [5, 5.41) is 3.88. The topological polar surface area (TPSA) is 21.3 Å². The first-order valence-electron chi connectivity index (χ1n) is 6.11. The van der Waals surface area contributed by atoms with Gasteiger partial charge < -0.3 is 10.1 Å². The number of ether oxygens (including phenoxy) is 1. The summed E-state index contributed by atoms with van der Waals surface area (Å²) in [6, 6.07) is 13.6. The lowest BCUT2D eigenvalue weighted by Crippen LogP contribution is -2.11. The second kappa shape index (κ2) is 6.94. The Bertz CT molecular complexity index is 560. The van der Waals surface area contributed by atoms with Crippen LogP contribution in [0.2, 0.25) is 5.02 Å². The van der Waals surface area contributed by atoms with E-state index in [1.165, 1.54) is 5.56 Å². The van der Waals surface area contributed by atoms with Gasteiger partial charge in [0.1, 0.15) is 11.5 Å². The summed E-state index contributed by atoms with van der Waals surface area (Å²) in [5.41, 5.74) is 1.19. The van der Waals surface area contributed by atoms with Gasteiger partial charge in [0.25, 0.3) is 0 Å². The SMILES string of the molecule is CCNCc1cccc(Oc2ccc(Br)cc2Cl)c1. The summed E-state index contributed by atoms with van der Waals surface area (Å²) in [6.45, 7) is 3.87. The summed E-state index contributed by atoms with van der Waals surface area (Å²) in [4.78, 5) is 0. The van der Waals surface area contributed by atoms with Gasteiger partial charge in [-0.25, -0.2) is 0 Å². The van der Waals surface area contributed by atoms with E-state index in [2.05, 4.69) is 34.2 Å². The highest BCUT2D eigenvalue weighted by Gasteiger charge is 2.04. The predicted octanol–water partition coefficient (Wildman–Crippen LogP) is 5.00. The first-order valence-corrected chi connectivity index (χ1v) is 7.28. The fourth-order valence-corrected chi connectivity index (χ4v) is 2.39. The number of hydrogen-bond donors (Lipinski definition) is 1. The minimum atomic E-state index is 0.589. The summed E-state index contributed by atoms with van der Waals surface area (Å²) in [5.74, 6) is 1.45. The molecule has 0 saturated carbocycles. The van der Waals surface area contributed by atoms with Crippen LogP contribution in [-0.4, -0.2) is 6.54 Å². The van der Waals surface area contributed by atoms with E-state index in [1.807, 2.05) is 36.4 Å². The zero-order valence-corrected chi connectivity index (χ0v) is 13.0. The van der Waals surface area contributed by atoms with E-state index < -0.39 is 0 Å². The molecule has 0 aliphatic carbocycles. The largest absolute Gasteiger partial charge is 0.456 e. The molecule has 0 atom stereocenters. The molecular weight excluding hydrogens is 326 g/mol. The molecule has 0 fully saturated rings. The molecule has 0 spiro atoms. The highest BCUT2D eigenvalue weighted by atomic mass is 79.9. The summed E-state index contributed by atoms with van der Waals surface area (Å²) in [7, 11) is 0. The van der Waals surface area contributed by atoms with Crippen molar-refractivity contribution in [3.05, 3.63) is 57.5 Å². The van der Waals surface area contributed by atoms with Crippen molar-refractivity contribution in [2.24, 2.45) is 0 Å². The average molecular weight is 341 g/mol. The quantitative estimate of drug-likeness (QED) is 0.826. The van der Waals surface area contributed by atoms with Crippen LogP contribution in [-0.2, 0) is 6.54 Å². The van der Waals surface area contributed by atoms with E-state index in [9.17, 15) is 0 Å². The van der Waals surface area contributed by atoms with Gasteiger partial charge in [-0.05, 0) is 42.4 Å². The molecular formula is C15H15BrClNO. The lowest BCUT2D eigenvalue weighted by atomic mass is 10.2. The molecule has 0 aliphatic rings. The lowest BCUT2D eigenvalue weighted by Gasteiger charge is -2.09. The molecule has 1 N–H and O–H groups in total. The second-order valence-electron chi connectivity index (χ2n) is 4.10. The van der Waals surface area contributed by atoms with Gasteiger partial charge in [-0.3, -0.25) is 0 Å². The number of halogens is 2. The van der Waals surface area contributed by atoms with Crippen molar-refractivity contribution in [2.75, 3.05) is 6.54 Å². The Morgan fingerprint density at radius 1 is 1.21 bits per heavy atom. The van der Waals surface area contributed by atoms with Crippen molar-refractivity contribution in [3.8, 4) is 11.5 Å². The zero-order chi connectivity index (χ0) is 13.7. The van der Waals surface area contributed by atoms with Gasteiger partial charge in [0.15, 0.2) is 0 Å². The molecule has 2 nitrogen and oxygen atoms in total. The van der Waals surface area contributed by atoms with Crippen LogP contribution in [0.1, 0.15) is 12.5 Å². The van der Waals surface area contributed by atoms with Crippen LogP contribution in [0.25, 0.3) is 0 Å². The average Bonchev–Trinajstić information content (AvgIpc) is 2.40. The molecule has 100 valence electrons. The molecule has 0 heterocycles. The monoisotopic (exact) mass is 339 g/mol. The van der Waals surface area contributed by atoms with Gasteiger partial charge in [-0.1, -0.05) is 46.6 Å².